The standard InChI is InChI=1S/C21H18FN3O/c1-3-14-4-6-15(7-5-14)18-12-19(26)25-21(23-18)20(13(2)24-25)16-8-10-17(22)11-9-16/h4-12,24H,3H2,1-2H3. The summed E-state index contributed by atoms with van der Waals surface area (Å²) in [6.07, 6.45) is 0.959. The van der Waals surface area contributed by atoms with E-state index >= 15 is 0 Å². The van der Waals surface area contributed by atoms with E-state index in [1.807, 2.05) is 31.2 Å². The molecule has 4 nitrogen and oxygen atoms in total. The molecule has 0 unspecified atom stereocenters. The first-order chi connectivity index (χ1) is 12.6. The number of aromatic nitrogens is 3. The van der Waals surface area contributed by atoms with Gasteiger partial charge in [-0.2, -0.15) is 0 Å². The van der Waals surface area contributed by atoms with E-state index in [-0.39, 0.29) is 11.4 Å². The van der Waals surface area contributed by atoms with E-state index in [4.69, 9.17) is 4.98 Å². The molecule has 0 radical (unpaired) electrons. The van der Waals surface area contributed by atoms with Crippen LogP contribution in [0.1, 0.15) is 18.2 Å². The fourth-order valence-electron chi connectivity index (χ4n) is 3.17. The summed E-state index contributed by atoms with van der Waals surface area (Å²) in [6, 6.07) is 15.8. The number of rotatable bonds is 3. The number of benzene rings is 2. The molecule has 2 aromatic carbocycles. The van der Waals surface area contributed by atoms with Crippen molar-refractivity contribution in [1.29, 1.82) is 0 Å². The molecule has 0 spiro atoms. The Labute approximate surface area is 149 Å². The smallest absolute Gasteiger partial charge is 0.273 e. The van der Waals surface area contributed by atoms with Gasteiger partial charge in [-0.25, -0.2) is 13.9 Å². The molecule has 4 rings (SSSR count). The van der Waals surface area contributed by atoms with Crippen LogP contribution >= 0.6 is 0 Å². The van der Waals surface area contributed by atoms with Gasteiger partial charge in [0, 0.05) is 22.9 Å². The van der Waals surface area contributed by atoms with Gasteiger partial charge in [0.05, 0.1) is 5.69 Å². The molecule has 2 heterocycles. The quantitative estimate of drug-likeness (QED) is 0.598. The maximum absolute atomic E-state index is 13.3. The second-order valence-electron chi connectivity index (χ2n) is 6.31. The summed E-state index contributed by atoms with van der Waals surface area (Å²) >= 11 is 0. The number of halogens is 1. The molecule has 0 atom stereocenters. The Balaban J connectivity index is 1.93. The van der Waals surface area contributed by atoms with Crippen LogP contribution in [0.15, 0.2) is 59.4 Å². The molecule has 0 saturated heterocycles. The minimum atomic E-state index is -0.298. The molecule has 0 aliphatic rings. The molecule has 1 N–H and O–H groups in total. The van der Waals surface area contributed by atoms with Gasteiger partial charge in [-0.05, 0) is 36.6 Å². The molecular formula is C21H18FN3O. The molecule has 0 fully saturated rings. The molecule has 130 valence electrons. The van der Waals surface area contributed by atoms with Crippen molar-refractivity contribution in [3.8, 4) is 22.4 Å². The number of aromatic amines is 1. The van der Waals surface area contributed by atoms with E-state index in [0.717, 1.165) is 28.8 Å². The first-order valence-corrected chi connectivity index (χ1v) is 8.54. The second kappa shape index (κ2) is 6.26. The van der Waals surface area contributed by atoms with Crippen molar-refractivity contribution in [2.24, 2.45) is 0 Å². The molecule has 0 bridgehead atoms. The molecule has 26 heavy (non-hydrogen) atoms. The van der Waals surface area contributed by atoms with Crippen molar-refractivity contribution < 1.29 is 4.39 Å². The minimum absolute atomic E-state index is 0.180. The Hall–Kier alpha value is -3.21. The van der Waals surface area contributed by atoms with E-state index in [2.05, 4.69) is 12.0 Å². The largest absolute Gasteiger partial charge is 0.293 e. The number of H-pyrrole nitrogens is 1. The van der Waals surface area contributed by atoms with Crippen LogP contribution in [-0.2, 0) is 6.42 Å². The first-order valence-electron chi connectivity index (χ1n) is 8.54. The second-order valence-corrected chi connectivity index (χ2v) is 6.31. The third-order valence-corrected chi connectivity index (χ3v) is 4.59. The van der Waals surface area contributed by atoms with Gasteiger partial charge in [0.1, 0.15) is 5.82 Å². The Kier molecular flexibility index (Phi) is 3.92. The van der Waals surface area contributed by atoms with Crippen LogP contribution in [0.5, 0.6) is 0 Å². The molecule has 5 heteroatoms. The molecule has 0 aliphatic carbocycles. The highest BCUT2D eigenvalue weighted by Gasteiger charge is 2.15. The van der Waals surface area contributed by atoms with Gasteiger partial charge in [-0.1, -0.05) is 43.3 Å². The van der Waals surface area contributed by atoms with Crippen LogP contribution in [0.3, 0.4) is 0 Å². The summed E-state index contributed by atoms with van der Waals surface area (Å²) < 4.78 is 14.7. The van der Waals surface area contributed by atoms with E-state index in [1.54, 1.807) is 12.1 Å². The summed E-state index contributed by atoms with van der Waals surface area (Å²) in [7, 11) is 0. The third kappa shape index (κ3) is 2.71. The average molecular weight is 347 g/mol. The Morgan fingerprint density at radius 3 is 2.35 bits per heavy atom. The lowest BCUT2D eigenvalue weighted by Crippen LogP contribution is -2.14. The maximum Gasteiger partial charge on any atom is 0.273 e. The van der Waals surface area contributed by atoms with Crippen molar-refractivity contribution in [3.05, 3.63) is 82.0 Å². The number of aryl methyl sites for hydroxylation is 2. The number of nitrogens with zero attached hydrogens (tertiary/aromatic N) is 2. The third-order valence-electron chi connectivity index (χ3n) is 4.59. The van der Waals surface area contributed by atoms with Crippen molar-refractivity contribution >= 4 is 5.65 Å². The van der Waals surface area contributed by atoms with E-state index in [0.29, 0.717) is 11.3 Å². The zero-order valence-corrected chi connectivity index (χ0v) is 14.6. The van der Waals surface area contributed by atoms with Crippen LogP contribution in [-0.4, -0.2) is 14.6 Å². The molecular weight excluding hydrogens is 329 g/mol. The lowest BCUT2D eigenvalue weighted by Gasteiger charge is -2.05. The van der Waals surface area contributed by atoms with Crippen molar-refractivity contribution in [2.75, 3.05) is 0 Å². The molecule has 0 amide bonds. The van der Waals surface area contributed by atoms with Gasteiger partial charge in [-0.15, -0.1) is 0 Å². The fraction of sp³-hybridized carbons (Fsp3) is 0.143. The van der Waals surface area contributed by atoms with Crippen LogP contribution in [0.25, 0.3) is 28.0 Å². The summed E-state index contributed by atoms with van der Waals surface area (Å²) in [5.74, 6) is -0.298. The summed E-state index contributed by atoms with van der Waals surface area (Å²) in [6.45, 7) is 3.98. The van der Waals surface area contributed by atoms with Crippen LogP contribution in [0.4, 0.5) is 4.39 Å². The highest BCUT2D eigenvalue weighted by Crippen LogP contribution is 2.28. The van der Waals surface area contributed by atoms with Gasteiger partial charge < -0.3 is 0 Å². The number of hydrogen-bond acceptors (Lipinski definition) is 2. The number of hydrogen-bond donors (Lipinski definition) is 1. The Morgan fingerprint density at radius 2 is 1.69 bits per heavy atom. The Bertz CT molecular complexity index is 1140. The van der Waals surface area contributed by atoms with Crippen LogP contribution in [0.2, 0.25) is 0 Å². The molecule has 0 saturated carbocycles. The zero-order chi connectivity index (χ0) is 18.3. The Morgan fingerprint density at radius 1 is 1.04 bits per heavy atom. The van der Waals surface area contributed by atoms with Crippen molar-refractivity contribution in [3.63, 3.8) is 0 Å². The normalized spacial score (nSPS) is 11.2. The summed E-state index contributed by atoms with van der Waals surface area (Å²) in [5.41, 5.74) is 5.53. The predicted octanol–water partition coefficient (Wildman–Crippen LogP) is 4.37. The van der Waals surface area contributed by atoms with Crippen molar-refractivity contribution in [2.45, 2.75) is 20.3 Å². The SMILES string of the molecule is CCc1ccc(-c2cc(=O)n3[nH]c(C)c(-c4ccc(F)cc4)c3n2)cc1. The monoisotopic (exact) mass is 347 g/mol. The minimum Gasteiger partial charge on any atom is -0.293 e. The fourth-order valence-corrected chi connectivity index (χ4v) is 3.17. The average Bonchev–Trinajstić information content (AvgIpc) is 2.99. The van der Waals surface area contributed by atoms with Gasteiger partial charge in [-0.3, -0.25) is 9.89 Å². The highest BCUT2D eigenvalue weighted by molar-refractivity contribution is 5.81. The molecule has 0 aliphatic heterocycles. The first kappa shape index (κ1) is 16.3. The molecule has 4 aromatic rings. The summed E-state index contributed by atoms with van der Waals surface area (Å²) in [5, 5.41) is 3.05. The van der Waals surface area contributed by atoms with Gasteiger partial charge in [0.15, 0.2) is 5.65 Å². The summed E-state index contributed by atoms with van der Waals surface area (Å²) in [4.78, 5) is 17.3. The van der Waals surface area contributed by atoms with E-state index in [9.17, 15) is 9.18 Å². The van der Waals surface area contributed by atoms with Gasteiger partial charge in [0.2, 0.25) is 0 Å². The zero-order valence-electron chi connectivity index (χ0n) is 14.6. The van der Waals surface area contributed by atoms with E-state index < -0.39 is 0 Å². The van der Waals surface area contributed by atoms with Crippen molar-refractivity contribution in [1.82, 2.24) is 14.6 Å². The predicted molar refractivity (Wildman–Crippen MR) is 101 cm³/mol. The number of fused-ring (bicyclic) bond motifs is 1. The van der Waals surface area contributed by atoms with Crippen LogP contribution < -0.4 is 5.56 Å². The number of nitrogens with one attached hydrogen (secondary N) is 1. The van der Waals surface area contributed by atoms with Crippen LogP contribution in [0, 0.1) is 12.7 Å². The topological polar surface area (TPSA) is 50.2 Å². The van der Waals surface area contributed by atoms with Gasteiger partial charge >= 0.3 is 0 Å². The molecule has 2 aromatic heterocycles. The lowest BCUT2D eigenvalue weighted by molar-refractivity contribution is 0.628. The lowest BCUT2D eigenvalue weighted by atomic mass is 10.1. The van der Waals surface area contributed by atoms with E-state index in [1.165, 1.54) is 28.3 Å². The highest BCUT2D eigenvalue weighted by atomic mass is 19.1. The van der Waals surface area contributed by atoms with Gasteiger partial charge in [0.25, 0.3) is 5.56 Å². The maximum atomic E-state index is 13.3.